The maximum Gasteiger partial charge on any atom is 0.295 e. The van der Waals surface area contributed by atoms with Crippen LogP contribution >= 0.6 is 0 Å². The average molecular weight is 539 g/mol. The zero-order chi connectivity index (χ0) is 28.4. The van der Waals surface area contributed by atoms with E-state index in [1.165, 1.54) is 4.90 Å². The molecule has 0 radical (unpaired) electrons. The second kappa shape index (κ2) is 14.6. The maximum atomic E-state index is 13.3. The van der Waals surface area contributed by atoms with Gasteiger partial charge in [0.05, 0.1) is 31.9 Å². The number of hydrogen-bond donors (Lipinski definition) is 1. The van der Waals surface area contributed by atoms with Gasteiger partial charge in [0.2, 0.25) is 0 Å². The normalized spacial score (nSPS) is 16.7. The lowest BCUT2D eigenvalue weighted by molar-refractivity contribution is -0.140. The van der Waals surface area contributed by atoms with Gasteiger partial charge in [0.1, 0.15) is 11.5 Å². The summed E-state index contributed by atoms with van der Waals surface area (Å²) in [5, 5.41) is 11.4. The molecule has 1 amide bonds. The second-order valence-electron chi connectivity index (χ2n) is 9.99. The van der Waals surface area contributed by atoms with E-state index in [4.69, 9.17) is 14.2 Å². The molecule has 1 aliphatic rings. The number of carbonyl (C=O) groups excluding carboxylic acids is 2. The molecule has 2 aromatic carbocycles. The summed E-state index contributed by atoms with van der Waals surface area (Å²) in [7, 11) is 5.37. The standard InChI is InChI=1S/C31H42N2O6/c1-6-8-10-20-39-25-16-13-23(21-26(25)37-5)28-27(30(35)31(36)33(28)18-17-32(3)4)29(34)22-11-14-24(15-12-22)38-19-9-7-2/h11-16,21,28,34H,6-10,17-20H2,1-5H3/b29-27+. The summed E-state index contributed by atoms with van der Waals surface area (Å²) in [6, 6.07) is 11.6. The van der Waals surface area contributed by atoms with Gasteiger partial charge in [-0.1, -0.05) is 39.2 Å². The van der Waals surface area contributed by atoms with Crippen molar-refractivity contribution in [3.05, 3.63) is 59.2 Å². The van der Waals surface area contributed by atoms with Crippen LogP contribution in [0, 0.1) is 0 Å². The highest BCUT2D eigenvalue weighted by atomic mass is 16.5. The minimum Gasteiger partial charge on any atom is -0.507 e. The summed E-state index contributed by atoms with van der Waals surface area (Å²) in [5.41, 5.74) is 1.15. The molecule has 0 saturated carbocycles. The number of Topliss-reactive ketones (excluding diaryl/α,β-unsaturated/α-hetero) is 1. The highest BCUT2D eigenvalue weighted by Gasteiger charge is 2.46. The van der Waals surface area contributed by atoms with Crippen molar-refractivity contribution in [2.24, 2.45) is 0 Å². The highest BCUT2D eigenvalue weighted by Crippen LogP contribution is 2.42. The molecule has 39 heavy (non-hydrogen) atoms. The summed E-state index contributed by atoms with van der Waals surface area (Å²) in [4.78, 5) is 30.0. The molecule has 1 fully saturated rings. The van der Waals surface area contributed by atoms with Gasteiger partial charge in [-0.05, 0) is 68.9 Å². The van der Waals surface area contributed by atoms with E-state index in [0.717, 1.165) is 32.1 Å². The first kappa shape index (κ1) is 30.0. The monoisotopic (exact) mass is 538 g/mol. The minimum atomic E-state index is -0.770. The predicted molar refractivity (Wildman–Crippen MR) is 152 cm³/mol. The number of benzene rings is 2. The fourth-order valence-corrected chi connectivity index (χ4v) is 4.47. The van der Waals surface area contributed by atoms with Crippen LogP contribution < -0.4 is 14.2 Å². The third-order valence-electron chi connectivity index (χ3n) is 6.73. The summed E-state index contributed by atoms with van der Waals surface area (Å²) in [6.07, 6.45) is 5.09. The number of methoxy groups -OCH3 is 1. The number of likely N-dealkylation sites (N-methyl/N-ethyl adjacent to an activating group) is 1. The number of unbranched alkanes of at least 4 members (excludes halogenated alkanes) is 3. The third kappa shape index (κ3) is 7.53. The first-order chi connectivity index (χ1) is 18.8. The minimum absolute atomic E-state index is 0.0528. The molecule has 212 valence electrons. The summed E-state index contributed by atoms with van der Waals surface area (Å²) < 4.78 is 17.3. The molecule has 0 bridgehead atoms. The molecule has 0 aliphatic carbocycles. The lowest BCUT2D eigenvalue weighted by Gasteiger charge is -2.27. The lowest BCUT2D eigenvalue weighted by Crippen LogP contribution is -2.35. The van der Waals surface area contributed by atoms with Crippen molar-refractivity contribution in [1.29, 1.82) is 0 Å². The van der Waals surface area contributed by atoms with E-state index in [2.05, 4.69) is 13.8 Å². The smallest absolute Gasteiger partial charge is 0.295 e. The van der Waals surface area contributed by atoms with Crippen molar-refractivity contribution < 1.29 is 28.9 Å². The number of aliphatic hydroxyl groups is 1. The van der Waals surface area contributed by atoms with Gasteiger partial charge >= 0.3 is 0 Å². The first-order valence-corrected chi connectivity index (χ1v) is 13.8. The zero-order valence-electron chi connectivity index (χ0n) is 23.9. The van der Waals surface area contributed by atoms with Crippen LogP contribution in [0.25, 0.3) is 5.76 Å². The molecule has 8 nitrogen and oxygen atoms in total. The van der Waals surface area contributed by atoms with Crippen molar-refractivity contribution in [3.8, 4) is 17.2 Å². The quantitative estimate of drug-likeness (QED) is 0.140. The first-order valence-electron chi connectivity index (χ1n) is 13.8. The molecule has 1 unspecified atom stereocenters. The number of hydrogen-bond acceptors (Lipinski definition) is 7. The van der Waals surface area contributed by atoms with Gasteiger partial charge in [-0.15, -0.1) is 0 Å². The molecule has 2 aromatic rings. The van der Waals surface area contributed by atoms with Crippen molar-refractivity contribution >= 4 is 17.4 Å². The van der Waals surface area contributed by atoms with Gasteiger partial charge in [0.15, 0.2) is 11.5 Å². The van der Waals surface area contributed by atoms with E-state index in [1.807, 2.05) is 25.1 Å². The Hall–Kier alpha value is -3.52. The molecule has 0 aromatic heterocycles. The molecule has 0 spiro atoms. The molecule has 1 N–H and O–H groups in total. The summed E-state index contributed by atoms with van der Waals surface area (Å²) in [5.74, 6) is 0.226. The van der Waals surface area contributed by atoms with Gasteiger partial charge < -0.3 is 29.1 Å². The molecular weight excluding hydrogens is 496 g/mol. The van der Waals surface area contributed by atoms with Crippen LogP contribution in [0.1, 0.15) is 63.1 Å². The molecular formula is C31H42N2O6. The number of ketones is 1. The van der Waals surface area contributed by atoms with E-state index in [0.29, 0.717) is 54.7 Å². The Morgan fingerprint density at radius 3 is 2.26 bits per heavy atom. The largest absolute Gasteiger partial charge is 0.507 e. The van der Waals surface area contributed by atoms with Crippen LogP contribution in [0.15, 0.2) is 48.0 Å². The zero-order valence-corrected chi connectivity index (χ0v) is 23.9. The van der Waals surface area contributed by atoms with Crippen LogP contribution in [-0.4, -0.2) is 74.1 Å². The van der Waals surface area contributed by atoms with Gasteiger partial charge in [0, 0.05) is 18.7 Å². The fourth-order valence-electron chi connectivity index (χ4n) is 4.47. The Kier molecular flexibility index (Phi) is 11.2. The number of ether oxygens (including phenoxy) is 3. The Bertz CT molecular complexity index is 1140. The van der Waals surface area contributed by atoms with Crippen molar-refractivity contribution in [2.45, 2.75) is 52.0 Å². The molecule has 1 aliphatic heterocycles. The number of amides is 1. The van der Waals surface area contributed by atoms with Gasteiger partial charge in [0.25, 0.3) is 11.7 Å². The Morgan fingerprint density at radius 2 is 1.62 bits per heavy atom. The van der Waals surface area contributed by atoms with E-state index < -0.39 is 17.7 Å². The maximum absolute atomic E-state index is 13.3. The Morgan fingerprint density at radius 1 is 0.923 bits per heavy atom. The van der Waals surface area contributed by atoms with E-state index in [1.54, 1.807) is 43.5 Å². The van der Waals surface area contributed by atoms with E-state index in [9.17, 15) is 14.7 Å². The highest BCUT2D eigenvalue weighted by molar-refractivity contribution is 6.46. The van der Waals surface area contributed by atoms with Crippen molar-refractivity contribution in [1.82, 2.24) is 9.80 Å². The van der Waals surface area contributed by atoms with Crippen LogP contribution in [0.4, 0.5) is 0 Å². The molecule has 1 saturated heterocycles. The Labute approximate surface area is 232 Å². The lowest BCUT2D eigenvalue weighted by atomic mass is 9.95. The van der Waals surface area contributed by atoms with E-state index >= 15 is 0 Å². The fraction of sp³-hybridized carbons (Fsp3) is 0.484. The SMILES string of the molecule is CCCCCOc1ccc(C2/C(=C(\O)c3ccc(OCCCC)cc3)C(=O)C(=O)N2CCN(C)C)cc1OC. The summed E-state index contributed by atoms with van der Waals surface area (Å²) >= 11 is 0. The number of rotatable bonds is 15. The second-order valence-corrected chi connectivity index (χ2v) is 9.99. The van der Waals surface area contributed by atoms with Crippen molar-refractivity contribution in [3.63, 3.8) is 0 Å². The van der Waals surface area contributed by atoms with Crippen molar-refractivity contribution in [2.75, 3.05) is 47.5 Å². The van der Waals surface area contributed by atoms with Crippen LogP contribution in [-0.2, 0) is 9.59 Å². The molecule has 1 atom stereocenters. The average Bonchev–Trinajstić information content (AvgIpc) is 3.19. The third-order valence-corrected chi connectivity index (χ3v) is 6.73. The summed E-state index contributed by atoms with van der Waals surface area (Å²) in [6.45, 7) is 6.29. The van der Waals surface area contributed by atoms with Gasteiger partial charge in [-0.25, -0.2) is 0 Å². The van der Waals surface area contributed by atoms with E-state index in [-0.39, 0.29) is 11.3 Å². The molecule has 3 rings (SSSR count). The topological polar surface area (TPSA) is 88.5 Å². The molecule has 1 heterocycles. The van der Waals surface area contributed by atoms with Gasteiger partial charge in [-0.2, -0.15) is 0 Å². The van der Waals surface area contributed by atoms with Crippen LogP contribution in [0.3, 0.4) is 0 Å². The number of likely N-dealkylation sites (tertiary alicyclic amines) is 1. The number of nitrogens with zero attached hydrogens (tertiary/aromatic N) is 2. The van der Waals surface area contributed by atoms with Crippen LogP contribution in [0.2, 0.25) is 0 Å². The number of aliphatic hydroxyl groups excluding tert-OH is 1. The molecule has 8 heteroatoms. The van der Waals surface area contributed by atoms with Crippen LogP contribution in [0.5, 0.6) is 17.2 Å². The number of carbonyl (C=O) groups is 2. The Balaban J connectivity index is 2.01. The van der Waals surface area contributed by atoms with Gasteiger partial charge in [-0.3, -0.25) is 9.59 Å². The predicted octanol–water partition coefficient (Wildman–Crippen LogP) is 5.43.